The molecular formula is C86H172. The molecule has 0 aliphatic heterocycles. The Morgan fingerprint density at radius 2 is 0.198 bits per heavy atom. The van der Waals surface area contributed by atoms with Crippen LogP contribution in [0.5, 0.6) is 0 Å². The van der Waals surface area contributed by atoms with Crippen molar-refractivity contribution >= 4 is 0 Å². The quantitative estimate of drug-likeness (QED) is 0.227. The first-order chi connectivity index (χ1) is 41.3. The predicted molar refractivity (Wildman–Crippen MR) is 433 cm³/mol. The van der Waals surface area contributed by atoms with E-state index in [1.807, 2.05) is 138 Å². The van der Waals surface area contributed by atoms with Crippen LogP contribution < -0.4 is 0 Å². The molecule has 9 aliphatic rings. The number of rotatable bonds is 0. The molecule has 86 heavy (non-hydrogen) atoms. The Hall–Kier alpha value is -4.68. The lowest BCUT2D eigenvalue weighted by Crippen LogP contribution is -1.66. The second-order valence-corrected chi connectivity index (χ2v) is 15.1. The van der Waals surface area contributed by atoms with E-state index >= 15 is 0 Å². The van der Waals surface area contributed by atoms with Crippen LogP contribution in [0.2, 0.25) is 0 Å². The summed E-state index contributed by atoms with van der Waals surface area (Å²) in [6.07, 6.45) is 91.8. The molecule has 0 spiro atoms. The molecule has 0 heterocycles. The zero-order chi connectivity index (χ0) is 68.9. The van der Waals surface area contributed by atoms with E-state index in [1.165, 1.54) is 32.1 Å². The first kappa shape index (κ1) is 131. The van der Waals surface area contributed by atoms with Crippen LogP contribution in [-0.2, 0) is 0 Å². The molecule has 0 aromatic carbocycles. The van der Waals surface area contributed by atoms with Crippen LogP contribution in [0.1, 0.15) is 333 Å². The third kappa shape index (κ3) is 299. The Labute approximate surface area is 554 Å². The van der Waals surface area contributed by atoms with Gasteiger partial charge in [-0.3, -0.25) is 0 Å². The van der Waals surface area contributed by atoms with Crippen molar-refractivity contribution in [3.05, 3.63) is 219 Å². The van der Waals surface area contributed by atoms with Crippen molar-refractivity contribution in [1.29, 1.82) is 0 Å². The SMILES string of the molecule is C.C.C1=CCC=C1.C1=CCC=C1.C1=CCC=C1.C1=CCC=C1.C1=CCC=C1.C1=CCC=C1.C1=CCC=C1.C1=CCC=C1.C1=CCC=C1.CC.CC.CC.CC.CC.CC.CC.CC.CC.CC.CC(C)C.CCC.CCC.CCC.CCC.CCC. The van der Waals surface area contributed by atoms with Crippen LogP contribution in [-0.4, -0.2) is 0 Å². The summed E-state index contributed by atoms with van der Waals surface area (Å²) in [6.45, 7) is 67.8. The number of hydrogen-bond acceptors (Lipinski definition) is 0. The molecule has 0 nitrogen and oxygen atoms in total. The van der Waals surface area contributed by atoms with Gasteiger partial charge in [-0.25, -0.2) is 0 Å². The third-order valence-electron chi connectivity index (χ3n) is 5.90. The first-order valence-corrected chi connectivity index (χ1v) is 35.2. The van der Waals surface area contributed by atoms with Crippen LogP contribution in [0.4, 0.5) is 0 Å². The van der Waals surface area contributed by atoms with Gasteiger partial charge in [-0.15, -0.1) is 0 Å². The summed E-state index contributed by atoms with van der Waals surface area (Å²) < 4.78 is 0. The van der Waals surface area contributed by atoms with Crippen molar-refractivity contribution in [3.63, 3.8) is 0 Å². The second-order valence-electron chi connectivity index (χ2n) is 15.1. The summed E-state index contributed by atoms with van der Waals surface area (Å²) in [6, 6.07) is 0. The molecule has 0 saturated heterocycles. The van der Waals surface area contributed by atoms with Gasteiger partial charge in [0.1, 0.15) is 0 Å². The van der Waals surface area contributed by atoms with E-state index in [-0.39, 0.29) is 14.9 Å². The average Bonchev–Trinajstić information content (AvgIpc) is 4.38. The van der Waals surface area contributed by atoms with Gasteiger partial charge in [-0.1, -0.05) is 494 Å². The molecule has 9 aliphatic carbocycles. The minimum Gasteiger partial charge on any atom is -0.0808 e. The van der Waals surface area contributed by atoms with Crippen molar-refractivity contribution < 1.29 is 0 Å². The van der Waals surface area contributed by atoms with Gasteiger partial charge in [0.05, 0.1) is 0 Å². The monoisotopic (exact) mass is 1210 g/mol. The Morgan fingerprint density at radius 3 is 0.209 bits per heavy atom. The van der Waals surface area contributed by atoms with Gasteiger partial charge in [0.15, 0.2) is 0 Å². The summed E-state index contributed by atoms with van der Waals surface area (Å²) in [5.41, 5.74) is 0. The maximum atomic E-state index is 2.17. The zero-order valence-electron chi connectivity index (χ0n) is 64.3. The Bertz CT molecular complexity index is 950. The maximum Gasteiger partial charge on any atom is -0.0163 e. The lowest BCUT2D eigenvalue weighted by Gasteiger charge is -1.79. The molecule has 0 atom stereocenters. The third-order valence-corrected chi connectivity index (χ3v) is 5.90. The smallest absolute Gasteiger partial charge is 0.0163 e. The Balaban J connectivity index is -0.0000000353. The fourth-order valence-corrected chi connectivity index (χ4v) is 3.54. The van der Waals surface area contributed by atoms with Crippen molar-refractivity contribution in [2.24, 2.45) is 5.92 Å². The normalized spacial score (nSPS) is 11.4. The van der Waals surface area contributed by atoms with Crippen LogP contribution in [0.3, 0.4) is 0 Å². The van der Waals surface area contributed by atoms with Crippen molar-refractivity contribution in [2.75, 3.05) is 0 Å². The molecule has 0 heteroatoms. The largest absolute Gasteiger partial charge is 0.0808 e. The molecule has 0 aromatic heterocycles. The fourth-order valence-electron chi connectivity index (χ4n) is 3.54. The van der Waals surface area contributed by atoms with Crippen LogP contribution in [0.25, 0.3) is 0 Å². The van der Waals surface area contributed by atoms with E-state index in [9.17, 15) is 0 Å². The van der Waals surface area contributed by atoms with Crippen molar-refractivity contribution in [1.82, 2.24) is 0 Å². The van der Waals surface area contributed by atoms with Crippen LogP contribution in [0.15, 0.2) is 219 Å². The van der Waals surface area contributed by atoms with E-state index in [1.54, 1.807) is 0 Å². The molecule has 0 bridgehead atoms. The van der Waals surface area contributed by atoms with Gasteiger partial charge in [-0.05, 0) is 63.7 Å². The molecular weight excluding hydrogens is 1030 g/mol. The first-order valence-electron chi connectivity index (χ1n) is 35.2. The summed E-state index contributed by atoms with van der Waals surface area (Å²) in [4.78, 5) is 0. The molecule has 0 saturated carbocycles. The van der Waals surface area contributed by atoms with Crippen molar-refractivity contribution in [2.45, 2.75) is 333 Å². The zero-order valence-corrected chi connectivity index (χ0v) is 64.3. The van der Waals surface area contributed by atoms with Crippen LogP contribution in [0, 0.1) is 5.92 Å². The summed E-state index contributed by atoms with van der Waals surface area (Å²) in [7, 11) is 0. The van der Waals surface area contributed by atoms with E-state index in [0.29, 0.717) is 0 Å². The summed E-state index contributed by atoms with van der Waals surface area (Å²) >= 11 is 0. The lowest BCUT2D eigenvalue weighted by atomic mass is 10.3. The lowest BCUT2D eigenvalue weighted by molar-refractivity contribution is 0.737. The highest BCUT2D eigenvalue weighted by atomic mass is 13.8. The van der Waals surface area contributed by atoms with Crippen molar-refractivity contribution in [3.8, 4) is 0 Å². The van der Waals surface area contributed by atoms with Gasteiger partial charge in [0.2, 0.25) is 0 Å². The molecule has 0 unspecified atom stereocenters. The topological polar surface area (TPSA) is 0 Å². The van der Waals surface area contributed by atoms with Gasteiger partial charge >= 0.3 is 0 Å². The average molecular weight is 1210 g/mol. The Kier molecular flexibility index (Phi) is 329. The molecule has 9 rings (SSSR count). The van der Waals surface area contributed by atoms with E-state index < -0.39 is 0 Å². The molecule has 0 N–H and O–H groups in total. The molecule has 0 aromatic rings. The fraction of sp³-hybridized carbons (Fsp3) is 0.581. The second kappa shape index (κ2) is 216. The number of hydrogen-bond donors (Lipinski definition) is 0. The standard InChI is InChI=1S/9C5H6.C4H10.5C3H8.10C2H6.2CH4/c9*1-2-4-5-3-1;1-4(2)3;5*1-3-2;10*1-2;;/h9*1-4H,5H2;4H,1-3H3;5*3H2,1-2H3;10*1-2H3;2*1H4. The highest BCUT2D eigenvalue weighted by Crippen LogP contribution is 1.97. The van der Waals surface area contributed by atoms with E-state index in [2.05, 4.69) is 309 Å². The molecule has 0 radical (unpaired) electrons. The molecule has 0 fully saturated rings. The maximum absolute atomic E-state index is 2.17. The van der Waals surface area contributed by atoms with Crippen LogP contribution >= 0.6 is 0 Å². The summed E-state index contributed by atoms with van der Waals surface area (Å²) in [5.74, 6) is 0.833. The van der Waals surface area contributed by atoms with E-state index in [0.717, 1.165) is 63.7 Å². The van der Waals surface area contributed by atoms with Gasteiger partial charge in [0, 0.05) is 0 Å². The van der Waals surface area contributed by atoms with Gasteiger partial charge in [0.25, 0.3) is 0 Å². The highest BCUT2D eigenvalue weighted by Gasteiger charge is 1.76. The number of allylic oxidation sites excluding steroid dienone is 36. The Morgan fingerprint density at radius 1 is 0.163 bits per heavy atom. The van der Waals surface area contributed by atoms with Gasteiger partial charge in [-0.2, -0.15) is 0 Å². The van der Waals surface area contributed by atoms with E-state index in [4.69, 9.17) is 0 Å². The minimum atomic E-state index is 0. The molecule has 516 valence electrons. The minimum absolute atomic E-state index is 0. The van der Waals surface area contributed by atoms with Gasteiger partial charge < -0.3 is 0 Å². The summed E-state index contributed by atoms with van der Waals surface area (Å²) in [5, 5.41) is 0. The molecule has 0 amide bonds. The highest BCUT2D eigenvalue weighted by molar-refractivity contribution is 5.16. The predicted octanol–water partition coefficient (Wildman–Crippen LogP) is 33.8.